The van der Waals surface area contributed by atoms with Gasteiger partial charge in [-0.05, 0) is 34.9 Å². The minimum atomic E-state index is -2.86. The second-order valence-electron chi connectivity index (χ2n) is 15.6. The second kappa shape index (κ2) is 15.8. The molecule has 4 aromatic rings. The first-order valence-corrected chi connectivity index (χ1v) is 21.7. The largest absolute Gasteiger partial charge is 0.0548 e. The number of quaternary nitrogens is 1. The molecular weight excluding hydrogens is 661 g/mol. The van der Waals surface area contributed by atoms with Gasteiger partial charge >= 0.3 is 213 Å². The number of likely N-dealkylation sites (N-methyl/N-ethyl adjacent to an activating group) is 1. The molecular formula is C42H58BrNO2P+. The van der Waals surface area contributed by atoms with Gasteiger partial charge in [-0.2, -0.15) is 0 Å². The minimum absolute atomic E-state index is 0.136. The fourth-order valence-corrected chi connectivity index (χ4v) is 14.9. The van der Waals surface area contributed by atoms with Crippen LogP contribution in [0.2, 0.25) is 0 Å². The Morgan fingerprint density at radius 1 is 0.596 bits per heavy atom. The summed E-state index contributed by atoms with van der Waals surface area (Å²) in [5.41, 5.74) is 1.78. The van der Waals surface area contributed by atoms with Gasteiger partial charge in [0, 0.05) is 0 Å². The van der Waals surface area contributed by atoms with E-state index in [-0.39, 0.29) is 5.41 Å². The molecule has 0 bridgehead atoms. The zero-order chi connectivity index (χ0) is 34.0. The Bertz CT molecular complexity index is 1400. The third-order valence-electron chi connectivity index (χ3n) is 9.42. The Morgan fingerprint density at radius 2 is 1.09 bits per heavy atom. The van der Waals surface area contributed by atoms with Gasteiger partial charge in [0.1, 0.15) is 0 Å². The fourth-order valence-electron chi connectivity index (χ4n) is 7.17. The van der Waals surface area contributed by atoms with Crippen LogP contribution in [0.15, 0.2) is 115 Å². The summed E-state index contributed by atoms with van der Waals surface area (Å²) in [6.45, 7) is 15.6. The smallest absolute Gasteiger partial charge is 0.0197 e. The van der Waals surface area contributed by atoms with Crippen LogP contribution >= 0.6 is 20.8 Å². The number of hydrogen-bond donors (Lipinski definition) is 0. The Kier molecular flexibility index (Phi) is 12.6. The van der Waals surface area contributed by atoms with Gasteiger partial charge in [0.15, 0.2) is 0 Å². The van der Waals surface area contributed by atoms with E-state index in [0.717, 1.165) is 55.4 Å². The van der Waals surface area contributed by atoms with Crippen molar-refractivity contribution in [3.63, 3.8) is 0 Å². The van der Waals surface area contributed by atoms with E-state index in [9.17, 15) is 0 Å². The maximum Gasteiger partial charge on any atom is -0.0197 e. The quantitative estimate of drug-likeness (QED) is 0.0615. The molecule has 0 fully saturated rings. The van der Waals surface area contributed by atoms with Gasteiger partial charge in [-0.15, -0.1) is 0 Å². The first kappa shape index (κ1) is 37.3. The Balaban J connectivity index is 1.28. The number of halogens is 1. The van der Waals surface area contributed by atoms with E-state index in [2.05, 4.69) is 179 Å². The standard InChI is InChI=1S/C42H58BrNO2P/c1-41(2,3)35-42(4,5)36-25-27-37(28-26-36)46-33-32-45-31-30-44(6,7)29-17-18-34-47(43,38-19-11-8-12-20-38,39-21-13-9-14-22-39)40-23-15-10-16-24-40/h8-16,19-28H,17-18,29-35H2,1-7H3/q+1. The van der Waals surface area contributed by atoms with E-state index in [0.29, 0.717) is 18.6 Å². The van der Waals surface area contributed by atoms with Crippen molar-refractivity contribution in [3.05, 3.63) is 121 Å². The average molecular weight is 720 g/mol. The van der Waals surface area contributed by atoms with Crippen LogP contribution in [0.25, 0.3) is 0 Å². The summed E-state index contributed by atoms with van der Waals surface area (Å²) in [5, 5.41) is 1.31. The molecule has 0 atom stereocenters. The van der Waals surface area contributed by atoms with Crippen molar-refractivity contribution in [1.82, 2.24) is 0 Å². The first-order chi connectivity index (χ1) is 22.2. The predicted octanol–water partition coefficient (Wildman–Crippen LogP) is 9.49. The molecule has 0 aromatic heterocycles. The molecule has 0 N–H and O–H groups in total. The molecule has 0 spiro atoms. The summed E-state index contributed by atoms with van der Waals surface area (Å²) in [5.74, 6) is 0.908. The SMILES string of the molecule is CC(C)(C)CC(C)(C)c1ccc(OCCOCC[N+](C)(C)CCCCP(Br)(c2ccccc2)(c2ccccc2)c2ccccc2)cc1. The van der Waals surface area contributed by atoms with Crippen molar-refractivity contribution in [2.75, 3.05) is 53.2 Å². The topological polar surface area (TPSA) is 18.5 Å². The summed E-state index contributed by atoms with van der Waals surface area (Å²) >= 11 is 4.60. The van der Waals surface area contributed by atoms with Crippen LogP contribution in [0.3, 0.4) is 0 Å². The molecule has 254 valence electrons. The third kappa shape index (κ3) is 9.79. The van der Waals surface area contributed by atoms with E-state index in [1.807, 2.05) is 0 Å². The molecule has 0 amide bonds. The number of hydrogen-bond acceptors (Lipinski definition) is 2. The summed E-state index contributed by atoms with van der Waals surface area (Å²) in [7, 11) is 4.64. The van der Waals surface area contributed by atoms with Crippen molar-refractivity contribution in [1.29, 1.82) is 0 Å². The molecule has 3 nitrogen and oxygen atoms in total. The molecule has 47 heavy (non-hydrogen) atoms. The Hall–Kier alpha value is -2.49. The van der Waals surface area contributed by atoms with E-state index >= 15 is 0 Å². The molecule has 0 saturated carbocycles. The number of benzene rings is 4. The number of ether oxygens (including phenoxy) is 2. The molecule has 4 rings (SSSR count). The van der Waals surface area contributed by atoms with Crippen LogP contribution in [0.1, 0.15) is 59.4 Å². The molecule has 4 aromatic carbocycles. The first-order valence-electron chi connectivity index (χ1n) is 17.3. The van der Waals surface area contributed by atoms with Gasteiger partial charge in [0.25, 0.3) is 0 Å². The molecule has 0 heterocycles. The van der Waals surface area contributed by atoms with E-state index < -0.39 is 5.31 Å². The van der Waals surface area contributed by atoms with Crippen LogP contribution in [-0.4, -0.2) is 57.7 Å². The molecule has 0 aliphatic carbocycles. The van der Waals surface area contributed by atoms with Crippen LogP contribution in [0.5, 0.6) is 5.75 Å². The Labute approximate surface area is 294 Å². The third-order valence-corrected chi connectivity index (χ3v) is 19.5. The van der Waals surface area contributed by atoms with E-state index in [4.69, 9.17) is 9.47 Å². The molecule has 0 saturated heterocycles. The molecule has 5 heteroatoms. The van der Waals surface area contributed by atoms with Crippen LogP contribution in [0.4, 0.5) is 0 Å². The van der Waals surface area contributed by atoms with Gasteiger partial charge in [-0.25, -0.2) is 0 Å². The normalized spacial score (nSPS) is 13.6. The fraction of sp³-hybridized carbons (Fsp3) is 0.429. The monoisotopic (exact) mass is 718 g/mol. The molecule has 0 unspecified atom stereocenters. The van der Waals surface area contributed by atoms with Crippen molar-refractivity contribution >= 4 is 36.7 Å². The molecule has 0 radical (unpaired) electrons. The van der Waals surface area contributed by atoms with Gasteiger partial charge < -0.3 is 0 Å². The zero-order valence-corrected chi connectivity index (χ0v) is 32.4. The van der Waals surface area contributed by atoms with Gasteiger partial charge in [-0.1, -0.05) is 46.8 Å². The summed E-state index contributed by atoms with van der Waals surface area (Å²) in [6.07, 6.45) is 4.49. The van der Waals surface area contributed by atoms with Gasteiger partial charge in [0.2, 0.25) is 0 Å². The van der Waals surface area contributed by atoms with Crippen LogP contribution < -0.4 is 20.7 Å². The maximum absolute atomic E-state index is 6.03. The minimum Gasteiger partial charge on any atom is -0.0548 e. The van der Waals surface area contributed by atoms with Crippen molar-refractivity contribution < 1.29 is 14.0 Å². The van der Waals surface area contributed by atoms with Crippen LogP contribution in [-0.2, 0) is 10.2 Å². The number of unbranched alkanes of at least 4 members (excludes halogenated alkanes) is 1. The zero-order valence-electron chi connectivity index (χ0n) is 29.9. The Morgan fingerprint density at radius 3 is 1.55 bits per heavy atom. The summed E-state index contributed by atoms with van der Waals surface area (Å²) in [4.78, 5) is 0. The van der Waals surface area contributed by atoms with Crippen LogP contribution in [0, 0.1) is 5.41 Å². The van der Waals surface area contributed by atoms with Gasteiger partial charge in [-0.3, -0.25) is 0 Å². The summed E-state index contributed by atoms with van der Waals surface area (Å²) in [6, 6.07) is 42.0. The van der Waals surface area contributed by atoms with Gasteiger partial charge in [0.05, 0.1) is 0 Å². The van der Waals surface area contributed by atoms with E-state index in [1.54, 1.807) is 0 Å². The molecule has 0 aliphatic rings. The number of rotatable bonds is 17. The van der Waals surface area contributed by atoms with Crippen molar-refractivity contribution in [2.24, 2.45) is 5.41 Å². The number of nitrogens with zero attached hydrogens (tertiary/aromatic N) is 1. The second-order valence-corrected chi connectivity index (χ2v) is 24.7. The predicted molar refractivity (Wildman–Crippen MR) is 210 cm³/mol. The average Bonchev–Trinajstić information content (AvgIpc) is 3.05. The van der Waals surface area contributed by atoms with E-state index in [1.165, 1.54) is 21.5 Å². The van der Waals surface area contributed by atoms with Crippen molar-refractivity contribution in [3.8, 4) is 5.75 Å². The summed E-state index contributed by atoms with van der Waals surface area (Å²) < 4.78 is 13.0. The maximum atomic E-state index is 6.03. The molecule has 0 aliphatic heterocycles. The van der Waals surface area contributed by atoms with Crippen molar-refractivity contribution in [2.45, 2.75) is 59.3 Å².